The molecule has 1 N–H and O–H groups in total. The van der Waals surface area contributed by atoms with Crippen LogP contribution in [0.5, 0.6) is 0 Å². The summed E-state index contributed by atoms with van der Waals surface area (Å²) in [7, 11) is 0. The summed E-state index contributed by atoms with van der Waals surface area (Å²) in [4.78, 5) is 41.5. The van der Waals surface area contributed by atoms with Crippen molar-refractivity contribution in [1.82, 2.24) is 24.6 Å². The maximum Gasteiger partial charge on any atom is 0.421 e. The Morgan fingerprint density at radius 1 is 1.17 bits per heavy atom. The fourth-order valence-electron chi connectivity index (χ4n) is 3.46. The second-order valence-corrected chi connectivity index (χ2v) is 6.91. The van der Waals surface area contributed by atoms with Crippen molar-refractivity contribution in [2.75, 3.05) is 6.54 Å². The van der Waals surface area contributed by atoms with Crippen molar-refractivity contribution in [3.05, 3.63) is 69.2 Å². The third kappa shape index (κ3) is 3.38. The molecule has 0 aliphatic heterocycles. The molecule has 1 atom stereocenters. The number of hydrogen-bond donors (Lipinski definition) is 1. The van der Waals surface area contributed by atoms with E-state index < -0.39 is 11.7 Å². The molecular weight excluding hydrogens is 386 g/mol. The number of amides is 1. The van der Waals surface area contributed by atoms with E-state index in [-0.39, 0.29) is 24.6 Å². The van der Waals surface area contributed by atoms with E-state index in [0.717, 1.165) is 0 Å². The SMILES string of the molecule is CCn1nc(C(C)C(=O)NCCn2c(=O)oc3cccnc32)c2ccccc2c1=O. The molecule has 4 rings (SSSR count). The van der Waals surface area contributed by atoms with Gasteiger partial charge < -0.3 is 9.73 Å². The fraction of sp³-hybridized carbons (Fsp3) is 0.286. The van der Waals surface area contributed by atoms with Crippen molar-refractivity contribution >= 4 is 27.9 Å². The van der Waals surface area contributed by atoms with Crippen LogP contribution in [-0.4, -0.2) is 31.8 Å². The molecule has 9 nitrogen and oxygen atoms in total. The number of carbonyl (C=O) groups excluding carboxylic acids is 1. The molecule has 9 heteroatoms. The summed E-state index contributed by atoms with van der Waals surface area (Å²) in [6.45, 7) is 4.44. The number of aromatic nitrogens is 4. The van der Waals surface area contributed by atoms with E-state index in [1.807, 2.05) is 13.0 Å². The highest BCUT2D eigenvalue weighted by molar-refractivity contribution is 5.91. The van der Waals surface area contributed by atoms with E-state index in [2.05, 4.69) is 15.4 Å². The van der Waals surface area contributed by atoms with Crippen LogP contribution in [0.25, 0.3) is 22.0 Å². The number of aryl methyl sites for hydroxylation is 1. The normalized spacial score (nSPS) is 12.3. The van der Waals surface area contributed by atoms with Crippen LogP contribution in [0.1, 0.15) is 25.5 Å². The average Bonchev–Trinajstić information content (AvgIpc) is 3.09. The Morgan fingerprint density at radius 2 is 1.93 bits per heavy atom. The monoisotopic (exact) mass is 407 g/mol. The highest BCUT2D eigenvalue weighted by atomic mass is 16.4. The van der Waals surface area contributed by atoms with E-state index in [9.17, 15) is 14.4 Å². The van der Waals surface area contributed by atoms with Crippen molar-refractivity contribution in [3.8, 4) is 0 Å². The Morgan fingerprint density at radius 3 is 2.70 bits per heavy atom. The first-order chi connectivity index (χ1) is 14.5. The van der Waals surface area contributed by atoms with Crippen LogP contribution in [-0.2, 0) is 17.9 Å². The Kier molecular flexibility index (Phi) is 5.18. The summed E-state index contributed by atoms with van der Waals surface area (Å²) in [5, 5.41) is 8.45. The van der Waals surface area contributed by atoms with E-state index in [1.54, 1.807) is 43.5 Å². The summed E-state index contributed by atoms with van der Waals surface area (Å²) in [5.41, 5.74) is 1.20. The van der Waals surface area contributed by atoms with Gasteiger partial charge in [0.05, 0.1) is 17.0 Å². The summed E-state index contributed by atoms with van der Waals surface area (Å²) in [6, 6.07) is 10.5. The van der Waals surface area contributed by atoms with Crippen LogP contribution in [0.4, 0.5) is 0 Å². The molecule has 1 unspecified atom stereocenters. The molecule has 3 heterocycles. The first-order valence-electron chi connectivity index (χ1n) is 9.73. The standard InChI is InChI=1S/C21H21N5O4/c1-3-26-20(28)15-8-5-4-7-14(15)17(24-26)13(2)19(27)23-11-12-25-18-16(30-21(25)29)9-6-10-22-18/h4-10,13H,3,11-12H2,1-2H3,(H,23,27). The van der Waals surface area contributed by atoms with Crippen LogP contribution >= 0.6 is 0 Å². The highest BCUT2D eigenvalue weighted by Gasteiger charge is 2.21. The molecule has 0 bridgehead atoms. The summed E-state index contributed by atoms with van der Waals surface area (Å²) in [5.74, 6) is -1.35. The minimum Gasteiger partial charge on any atom is -0.406 e. The number of carbonyl (C=O) groups is 1. The van der Waals surface area contributed by atoms with Gasteiger partial charge >= 0.3 is 5.76 Å². The summed E-state index contributed by atoms with van der Waals surface area (Å²) in [6.07, 6.45) is 1.58. The molecule has 4 aromatic rings. The Balaban J connectivity index is 1.54. The van der Waals surface area contributed by atoms with Crippen LogP contribution < -0.4 is 16.6 Å². The lowest BCUT2D eigenvalue weighted by atomic mass is 10.0. The molecule has 1 amide bonds. The highest BCUT2D eigenvalue weighted by Crippen LogP contribution is 2.21. The van der Waals surface area contributed by atoms with Gasteiger partial charge in [0.15, 0.2) is 11.2 Å². The molecular formula is C21H21N5O4. The zero-order valence-electron chi connectivity index (χ0n) is 16.7. The average molecular weight is 407 g/mol. The molecule has 0 aliphatic rings. The van der Waals surface area contributed by atoms with E-state index in [0.29, 0.717) is 34.2 Å². The zero-order valence-corrected chi connectivity index (χ0v) is 16.7. The van der Waals surface area contributed by atoms with Gasteiger partial charge in [-0.05, 0) is 32.0 Å². The third-order valence-corrected chi connectivity index (χ3v) is 5.06. The van der Waals surface area contributed by atoms with Gasteiger partial charge in [0, 0.05) is 31.2 Å². The number of nitrogens with one attached hydrogen (secondary N) is 1. The van der Waals surface area contributed by atoms with Gasteiger partial charge in [-0.3, -0.25) is 14.2 Å². The molecule has 0 saturated carbocycles. The molecule has 30 heavy (non-hydrogen) atoms. The lowest BCUT2D eigenvalue weighted by Crippen LogP contribution is -2.34. The molecule has 0 radical (unpaired) electrons. The van der Waals surface area contributed by atoms with Crippen molar-refractivity contribution in [3.63, 3.8) is 0 Å². The summed E-state index contributed by atoms with van der Waals surface area (Å²) >= 11 is 0. The minimum atomic E-state index is -0.579. The first-order valence-corrected chi connectivity index (χ1v) is 9.73. The van der Waals surface area contributed by atoms with Gasteiger partial charge in [-0.2, -0.15) is 5.10 Å². The smallest absolute Gasteiger partial charge is 0.406 e. The first kappa shape index (κ1) is 19.6. The van der Waals surface area contributed by atoms with Crippen molar-refractivity contribution in [2.45, 2.75) is 32.9 Å². The molecule has 0 saturated heterocycles. The second-order valence-electron chi connectivity index (χ2n) is 6.91. The molecule has 3 aromatic heterocycles. The lowest BCUT2D eigenvalue weighted by molar-refractivity contribution is -0.122. The molecule has 1 aromatic carbocycles. The number of pyridine rings is 1. The predicted molar refractivity (Wildman–Crippen MR) is 111 cm³/mol. The van der Waals surface area contributed by atoms with E-state index in [1.165, 1.54) is 9.25 Å². The van der Waals surface area contributed by atoms with Crippen molar-refractivity contribution < 1.29 is 9.21 Å². The number of hydrogen-bond acceptors (Lipinski definition) is 6. The number of benzene rings is 1. The molecule has 154 valence electrons. The molecule has 0 aliphatic carbocycles. The van der Waals surface area contributed by atoms with E-state index in [4.69, 9.17) is 4.42 Å². The van der Waals surface area contributed by atoms with Crippen molar-refractivity contribution in [2.24, 2.45) is 0 Å². The Hall–Kier alpha value is -3.75. The number of rotatable bonds is 6. The maximum absolute atomic E-state index is 12.8. The third-order valence-electron chi connectivity index (χ3n) is 5.06. The Bertz CT molecular complexity index is 1350. The fourth-order valence-corrected chi connectivity index (χ4v) is 3.46. The number of oxazole rings is 1. The maximum atomic E-state index is 12.8. The summed E-state index contributed by atoms with van der Waals surface area (Å²) < 4.78 is 7.89. The van der Waals surface area contributed by atoms with Crippen LogP contribution in [0.3, 0.4) is 0 Å². The minimum absolute atomic E-state index is 0.178. The lowest BCUT2D eigenvalue weighted by Gasteiger charge is -2.15. The number of nitrogens with zero attached hydrogens (tertiary/aromatic N) is 4. The van der Waals surface area contributed by atoms with Crippen molar-refractivity contribution in [1.29, 1.82) is 0 Å². The van der Waals surface area contributed by atoms with Gasteiger partial charge in [-0.15, -0.1) is 0 Å². The van der Waals surface area contributed by atoms with Crippen LogP contribution in [0.2, 0.25) is 0 Å². The van der Waals surface area contributed by atoms with Gasteiger partial charge in [-0.1, -0.05) is 18.2 Å². The van der Waals surface area contributed by atoms with Crippen LogP contribution in [0.15, 0.2) is 56.6 Å². The van der Waals surface area contributed by atoms with Gasteiger partial charge in [0.25, 0.3) is 5.56 Å². The van der Waals surface area contributed by atoms with Crippen LogP contribution in [0, 0.1) is 0 Å². The van der Waals surface area contributed by atoms with Gasteiger partial charge in [0.2, 0.25) is 5.91 Å². The predicted octanol–water partition coefficient (Wildman–Crippen LogP) is 1.64. The quantitative estimate of drug-likeness (QED) is 0.520. The Labute approximate surface area is 171 Å². The van der Waals surface area contributed by atoms with Gasteiger partial charge in [-0.25, -0.2) is 14.5 Å². The van der Waals surface area contributed by atoms with Gasteiger partial charge in [0.1, 0.15) is 0 Å². The molecule has 0 spiro atoms. The molecule has 0 fully saturated rings. The zero-order chi connectivity index (χ0) is 21.3. The second kappa shape index (κ2) is 7.94. The van der Waals surface area contributed by atoms with E-state index >= 15 is 0 Å². The topological polar surface area (TPSA) is 112 Å². The number of fused-ring (bicyclic) bond motifs is 2. The largest absolute Gasteiger partial charge is 0.421 e.